The number of para-hydroxylation sites is 1. The molecule has 25 heavy (non-hydrogen) atoms. The van der Waals surface area contributed by atoms with E-state index in [9.17, 15) is 4.79 Å². The number of hydrogen-bond donors (Lipinski definition) is 2. The van der Waals surface area contributed by atoms with E-state index in [0.717, 1.165) is 37.2 Å². The molecule has 1 aliphatic rings. The first-order valence-corrected chi connectivity index (χ1v) is 8.79. The Morgan fingerprint density at radius 2 is 2.12 bits per heavy atom. The second-order valence-corrected chi connectivity index (χ2v) is 6.52. The summed E-state index contributed by atoms with van der Waals surface area (Å²) in [6.07, 6.45) is 3.83. The van der Waals surface area contributed by atoms with Crippen molar-refractivity contribution in [1.29, 1.82) is 0 Å². The molecule has 1 aliphatic heterocycles. The molecule has 134 valence electrons. The molecule has 2 N–H and O–H groups in total. The van der Waals surface area contributed by atoms with Crippen molar-refractivity contribution in [3.05, 3.63) is 41.7 Å². The molecule has 0 aliphatic carbocycles. The predicted octanol–water partition coefficient (Wildman–Crippen LogP) is 1.92. The molecule has 7 heteroatoms. The Hall–Kier alpha value is -2.41. The quantitative estimate of drug-likeness (QED) is 0.837. The summed E-state index contributed by atoms with van der Waals surface area (Å²) in [5.74, 6) is 0.565. The van der Waals surface area contributed by atoms with Gasteiger partial charge in [-0.15, -0.1) is 5.10 Å². The summed E-state index contributed by atoms with van der Waals surface area (Å²) in [5.41, 5.74) is 1.29. The van der Waals surface area contributed by atoms with Crippen LogP contribution in [0.2, 0.25) is 0 Å². The van der Waals surface area contributed by atoms with Crippen LogP contribution in [-0.2, 0) is 6.54 Å². The van der Waals surface area contributed by atoms with Gasteiger partial charge in [0.25, 0.3) is 5.91 Å². The Morgan fingerprint density at radius 3 is 2.88 bits per heavy atom. The van der Waals surface area contributed by atoms with Gasteiger partial charge in [-0.25, -0.2) is 4.68 Å². The molecule has 0 atom stereocenters. The standard InChI is InChI=1S/C18H25N5O2/c1-13(2)25-17-6-4-3-5-14(17)11-20-18(24)16-12-23(22-21-16)15-7-9-19-10-8-15/h3-6,12-13,15,19H,7-11H2,1-2H3,(H,20,24). The summed E-state index contributed by atoms with van der Waals surface area (Å²) >= 11 is 0. The number of ether oxygens (including phenoxy) is 1. The molecule has 3 rings (SSSR count). The fraction of sp³-hybridized carbons (Fsp3) is 0.500. The van der Waals surface area contributed by atoms with Crippen molar-refractivity contribution in [1.82, 2.24) is 25.6 Å². The SMILES string of the molecule is CC(C)Oc1ccccc1CNC(=O)c1cn(C2CCNCC2)nn1. The molecule has 1 fully saturated rings. The lowest BCUT2D eigenvalue weighted by Gasteiger charge is -2.22. The summed E-state index contributed by atoms with van der Waals surface area (Å²) in [6.45, 7) is 6.29. The highest BCUT2D eigenvalue weighted by molar-refractivity contribution is 5.91. The Labute approximate surface area is 147 Å². The van der Waals surface area contributed by atoms with Crippen LogP contribution in [0.4, 0.5) is 0 Å². The van der Waals surface area contributed by atoms with E-state index < -0.39 is 0 Å². The van der Waals surface area contributed by atoms with Crippen LogP contribution in [0.5, 0.6) is 5.75 Å². The van der Waals surface area contributed by atoms with Crippen molar-refractivity contribution in [2.45, 2.75) is 45.4 Å². The first-order chi connectivity index (χ1) is 12.1. The van der Waals surface area contributed by atoms with Gasteiger partial charge in [-0.3, -0.25) is 4.79 Å². The largest absolute Gasteiger partial charge is 0.491 e. The maximum Gasteiger partial charge on any atom is 0.273 e. The third-order valence-corrected chi connectivity index (χ3v) is 4.20. The summed E-state index contributed by atoms with van der Waals surface area (Å²) in [5, 5.41) is 14.4. The molecule has 0 unspecified atom stereocenters. The van der Waals surface area contributed by atoms with E-state index in [0.29, 0.717) is 18.3 Å². The Balaban J connectivity index is 1.60. The Morgan fingerprint density at radius 1 is 1.36 bits per heavy atom. The van der Waals surface area contributed by atoms with Gasteiger partial charge in [0, 0.05) is 12.1 Å². The van der Waals surface area contributed by atoms with Gasteiger partial charge in [0.2, 0.25) is 0 Å². The molecule has 1 aromatic carbocycles. The first kappa shape index (κ1) is 17.4. The van der Waals surface area contributed by atoms with Crippen LogP contribution in [0.3, 0.4) is 0 Å². The van der Waals surface area contributed by atoms with Gasteiger partial charge in [0.15, 0.2) is 5.69 Å². The minimum atomic E-state index is -0.223. The number of carbonyl (C=O) groups is 1. The average Bonchev–Trinajstić information content (AvgIpc) is 3.11. The summed E-state index contributed by atoms with van der Waals surface area (Å²) < 4.78 is 7.59. The predicted molar refractivity (Wildman–Crippen MR) is 94.5 cm³/mol. The summed E-state index contributed by atoms with van der Waals surface area (Å²) in [6, 6.07) is 8.03. The topological polar surface area (TPSA) is 81.1 Å². The molecule has 0 radical (unpaired) electrons. The molecule has 0 bridgehead atoms. The second-order valence-electron chi connectivity index (χ2n) is 6.52. The minimum absolute atomic E-state index is 0.0849. The lowest BCUT2D eigenvalue weighted by Crippen LogP contribution is -2.29. The van der Waals surface area contributed by atoms with Crippen molar-refractivity contribution < 1.29 is 9.53 Å². The number of nitrogens with zero attached hydrogens (tertiary/aromatic N) is 3. The minimum Gasteiger partial charge on any atom is -0.491 e. The van der Waals surface area contributed by atoms with E-state index in [1.165, 1.54) is 0 Å². The van der Waals surface area contributed by atoms with Crippen LogP contribution in [0.15, 0.2) is 30.5 Å². The van der Waals surface area contributed by atoms with E-state index in [4.69, 9.17) is 4.74 Å². The number of aromatic nitrogens is 3. The van der Waals surface area contributed by atoms with E-state index >= 15 is 0 Å². The van der Waals surface area contributed by atoms with Gasteiger partial charge in [-0.05, 0) is 45.8 Å². The molecule has 1 saturated heterocycles. The maximum absolute atomic E-state index is 12.4. The van der Waals surface area contributed by atoms with Crippen LogP contribution in [-0.4, -0.2) is 40.1 Å². The van der Waals surface area contributed by atoms with Crippen LogP contribution in [0, 0.1) is 0 Å². The number of piperidine rings is 1. The van der Waals surface area contributed by atoms with E-state index in [1.807, 2.05) is 42.8 Å². The lowest BCUT2D eigenvalue weighted by atomic mass is 10.1. The molecular weight excluding hydrogens is 318 g/mol. The van der Waals surface area contributed by atoms with Gasteiger partial charge >= 0.3 is 0 Å². The fourth-order valence-corrected chi connectivity index (χ4v) is 2.92. The molecule has 2 aromatic rings. The van der Waals surface area contributed by atoms with Gasteiger partial charge in [-0.1, -0.05) is 23.4 Å². The zero-order valence-electron chi connectivity index (χ0n) is 14.7. The second kappa shape index (κ2) is 8.11. The van der Waals surface area contributed by atoms with Crippen LogP contribution >= 0.6 is 0 Å². The highest BCUT2D eigenvalue weighted by Gasteiger charge is 2.18. The van der Waals surface area contributed by atoms with Gasteiger partial charge < -0.3 is 15.4 Å². The highest BCUT2D eigenvalue weighted by atomic mass is 16.5. The Kier molecular flexibility index (Phi) is 5.65. The summed E-state index contributed by atoms with van der Waals surface area (Å²) in [4.78, 5) is 12.4. The van der Waals surface area contributed by atoms with Crippen molar-refractivity contribution in [2.24, 2.45) is 0 Å². The number of amides is 1. The maximum atomic E-state index is 12.4. The molecule has 2 heterocycles. The van der Waals surface area contributed by atoms with Crippen LogP contribution < -0.4 is 15.4 Å². The van der Waals surface area contributed by atoms with E-state index in [2.05, 4.69) is 20.9 Å². The van der Waals surface area contributed by atoms with Crippen LogP contribution in [0.25, 0.3) is 0 Å². The van der Waals surface area contributed by atoms with Crippen LogP contribution in [0.1, 0.15) is 48.8 Å². The number of rotatable bonds is 6. The smallest absolute Gasteiger partial charge is 0.273 e. The van der Waals surface area contributed by atoms with Crippen molar-refractivity contribution >= 4 is 5.91 Å². The van der Waals surface area contributed by atoms with E-state index in [1.54, 1.807) is 6.20 Å². The lowest BCUT2D eigenvalue weighted by molar-refractivity contribution is 0.0945. The summed E-state index contributed by atoms with van der Waals surface area (Å²) in [7, 11) is 0. The third-order valence-electron chi connectivity index (χ3n) is 4.20. The molecular formula is C18H25N5O2. The highest BCUT2D eigenvalue weighted by Crippen LogP contribution is 2.20. The number of nitrogens with one attached hydrogen (secondary N) is 2. The third kappa shape index (κ3) is 4.57. The zero-order chi connectivity index (χ0) is 17.6. The Bertz CT molecular complexity index is 707. The molecule has 1 aromatic heterocycles. The number of benzene rings is 1. The molecule has 0 spiro atoms. The number of carbonyl (C=O) groups excluding carboxylic acids is 1. The van der Waals surface area contributed by atoms with Crippen molar-refractivity contribution in [3.8, 4) is 5.75 Å². The van der Waals surface area contributed by atoms with Crippen molar-refractivity contribution in [2.75, 3.05) is 13.1 Å². The average molecular weight is 343 g/mol. The van der Waals surface area contributed by atoms with Gasteiger partial charge in [-0.2, -0.15) is 0 Å². The van der Waals surface area contributed by atoms with Gasteiger partial charge in [0.1, 0.15) is 5.75 Å². The fourth-order valence-electron chi connectivity index (χ4n) is 2.92. The van der Waals surface area contributed by atoms with Crippen molar-refractivity contribution in [3.63, 3.8) is 0 Å². The molecule has 7 nitrogen and oxygen atoms in total. The normalized spacial score (nSPS) is 15.3. The zero-order valence-corrected chi connectivity index (χ0v) is 14.7. The monoisotopic (exact) mass is 343 g/mol. The molecule has 1 amide bonds. The molecule has 0 saturated carbocycles. The first-order valence-electron chi connectivity index (χ1n) is 8.79. The van der Waals surface area contributed by atoms with E-state index in [-0.39, 0.29) is 12.0 Å². The number of hydrogen-bond acceptors (Lipinski definition) is 5. The van der Waals surface area contributed by atoms with Gasteiger partial charge in [0.05, 0.1) is 18.3 Å².